The van der Waals surface area contributed by atoms with Gasteiger partial charge in [-0.1, -0.05) is 0 Å². The van der Waals surface area contributed by atoms with E-state index in [1.165, 1.54) is 0 Å². The second-order valence-electron chi connectivity index (χ2n) is 2.91. The molecule has 0 aliphatic carbocycles. The fourth-order valence-electron chi connectivity index (χ4n) is 1.12. The molecule has 0 spiro atoms. The molecule has 0 saturated carbocycles. The number of urea groups is 1. The van der Waals surface area contributed by atoms with Crippen LogP contribution in [0.1, 0.15) is 0 Å². The van der Waals surface area contributed by atoms with Gasteiger partial charge in [-0.3, -0.25) is 0 Å². The van der Waals surface area contributed by atoms with Gasteiger partial charge in [-0.05, 0) is 0 Å². The zero-order valence-electron chi connectivity index (χ0n) is 8.51. The van der Waals surface area contributed by atoms with E-state index in [-0.39, 0.29) is 22.7 Å². The second-order valence-corrected chi connectivity index (χ2v) is 2.91. The number of amides is 2. The van der Waals surface area contributed by atoms with E-state index in [1.54, 1.807) is 7.11 Å². The lowest BCUT2D eigenvalue weighted by molar-refractivity contribution is 0.140. The fraction of sp³-hybridized carbons (Fsp3) is 0.375. The Hall–Kier alpha value is -2.09. The molecule has 0 atom stereocenters. The molecule has 2 amide bonds. The first-order valence-electron chi connectivity index (χ1n) is 4.47. The number of rotatable bonds is 4. The van der Waals surface area contributed by atoms with E-state index in [4.69, 9.17) is 15.2 Å². The first kappa shape index (κ1) is 10.4. The molecule has 0 unspecified atom stereocenters. The van der Waals surface area contributed by atoms with Gasteiger partial charge in [0.05, 0.1) is 6.61 Å². The molecular formula is C8H9N5O3. The average molecular weight is 223 g/mol. The van der Waals surface area contributed by atoms with Gasteiger partial charge in [-0.2, -0.15) is 20.0 Å². The Morgan fingerprint density at radius 3 is 2.81 bits per heavy atom. The van der Waals surface area contributed by atoms with Crippen LogP contribution in [0, 0.1) is 0 Å². The Balaban J connectivity index is 2.29. The molecule has 8 nitrogen and oxygen atoms in total. The Labute approximate surface area is 89.8 Å². The molecule has 2 rings (SSSR count). The third-order valence-electron chi connectivity index (χ3n) is 1.80. The van der Waals surface area contributed by atoms with E-state index < -0.39 is 6.03 Å². The van der Waals surface area contributed by atoms with Crippen LogP contribution in [-0.4, -0.2) is 36.3 Å². The van der Waals surface area contributed by atoms with Crippen molar-refractivity contribution < 1.29 is 14.3 Å². The van der Waals surface area contributed by atoms with Crippen molar-refractivity contribution in [2.45, 2.75) is 0 Å². The minimum absolute atomic E-state index is 0.0574. The van der Waals surface area contributed by atoms with Crippen molar-refractivity contribution in [3.63, 3.8) is 0 Å². The molecule has 1 aromatic heterocycles. The summed E-state index contributed by atoms with van der Waals surface area (Å²) in [7, 11) is 1.55. The second kappa shape index (κ2) is 4.19. The lowest BCUT2D eigenvalue weighted by Gasteiger charge is -2.02. The number of methoxy groups -OCH3 is 1. The standard InChI is InChI=1S/C8H9N5O3/c1-15-2-3-16-8-11-5(9)4-6(13-8)12-7(14)10-4/h2-3H2,1H3,(H2,9,11,12,13,14). The van der Waals surface area contributed by atoms with Gasteiger partial charge in [0.2, 0.25) is 0 Å². The van der Waals surface area contributed by atoms with Gasteiger partial charge >= 0.3 is 12.0 Å². The largest absolute Gasteiger partial charge is 0.461 e. The summed E-state index contributed by atoms with van der Waals surface area (Å²) in [4.78, 5) is 25.7. The first-order chi connectivity index (χ1) is 7.70. The molecule has 1 aliphatic rings. The molecule has 1 aliphatic heterocycles. The van der Waals surface area contributed by atoms with Gasteiger partial charge in [0.25, 0.3) is 0 Å². The van der Waals surface area contributed by atoms with Crippen LogP contribution in [0.4, 0.5) is 10.6 Å². The van der Waals surface area contributed by atoms with Crippen molar-refractivity contribution >= 4 is 11.8 Å². The highest BCUT2D eigenvalue weighted by atomic mass is 16.5. The number of fused-ring (bicyclic) bond motifs is 1. The van der Waals surface area contributed by atoms with E-state index >= 15 is 0 Å². The Morgan fingerprint density at radius 1 is 1.25 bits per heavy atom. The number of hydrogen-bond acceptors (Lipinski definition) is 6. The number of nitrogens with two attached hydrogens (primary N) is 1. The topological polar surface area (TPSA) is 112 Å². The number of carbonyl (C=O) groups excluding carboxylic acids is 1. The van der Waals surface area contributed by atoms with Gasteiger partial charge in [-0.15, -0.1) is 0 Å². The van der Waals surface area contributed by atoms with Crippen molar-refractivity contribution in [2.75, 3.05) is 26.1 Å². The maximum absolute atomic E-state index is 10.9. The molecule has 84 valence electrons. The van der Waals surface area contributed by atoms with Gasteiger partial charge in [0, 0.05) is 7.11 Å². The lowest BCUT2D eigenvalue weighted by atomic mass is 10.5. The fourth-order valence-corrected chi connectivity index (χ4v) is 1.12. The van der Waals surface area contributed by atoms with Crippen LogP contribution in [-0.2, 0) is 4.74 Å². The number of carbonyl (C=O) groups is 1. The summed E-state index contributed by atoms with van der Waals surface area (Å²) in [6.45, 7) is 0.695. The summed E-state index contributed by atoms with van der Waals surface area (Å²) in [5.74, 6) is 0.0759. The predicted molar refractivity (Wildman–Crippen MR) is 51.5 cm³/mol. The van der Waals surface area contributed by atoms with Crippen LogP contribution in [0.3, 0.4) is 0 Å². The highest BCUT2D eigenvalue weighted by Gasteiger charge is 2.12. The first-order valence-corrected chi connectivity index (χ1v) is 4.47. The Morgan fingerprint density at radius 2 is 2.06 bits per heavy atom. The summed E-state index contributed by atoms with van der Waals surface area (Å²) >= 11 is 0. The SMILES string of the molecule is COCCOc1nc(N)c2c(n1)=NC(=O)N=2. The van der Waals surface area contributed by atoms with Gasteiger partial charge in [0.15, 0.2) is 16.7 Å². The number of nitrogen functional groups attached to an aromatic ring is 1. The van der Waals surface area contributed by atoms with Crippen LogP contribution in [0.15, 0.2) is 9.98 Å². The third-order valence-corrected chi connectivity index (χ3v) is 1.80. The van der Waals surface area contributed by atoms with Crippen molar-refractivity contribution in [2.24, 2.45) is 9.98 Å². The minimum atomic E-state index is -0.634. The number of ether oxygens (including phenoxy) is 2. The van der Waals surface area contributed by atoms with Crippen LogP contribution in [0.5, 0.6) is 6.01 Å². The molecular weight excluding hydrogens is 214 g/mol. The van der Waals surface area contributed by atoms with Crippen LogP contribution >= 0.6 is 0 Å². The van der Waals surface area contributed by atoms with Crippen LogP contribution in [0.25, 0.3) is 0 Å². The molecule has 8 heteroatoms. The molecule has 1 aromatic rings. The van der Waals surface area contributed by atoms with E-state index in [0.717, 1.165) is 0 Å². The number of hydrogen-bond donors (Lipinski definition) is 1. The highest BCUT2D eigenvalue weighted by Crippen LogP contribution is 1.99. The number of aromatic nitrogens is 2. The van der Waals surface area contributed by atoms with Gasteiger partial charge in [0.1, 0.15) is 6.61 Å². The smallest absolute Gasteiger partial charge is 0.369 e. The van der Waals surface area contributed by atoms with E-state index in [2.05, 4.69) is 20.0 Å². The summed E-state index contributed by atoms with van der Waals surface area (Å²) in [6, 6.07) is -0.577. The summed E-state index contributed by atoms with van der Waals surface area (Å²) < 4.78 is 9.94. The predicted octanol–water partition coefficient (Wildman–Crippen LogP) is -1.54. The molecule has 0 saturated heterocycles. The molecule has 0 fully saturated rings. The molecule has 0 bridgehead atoms. The number of nitrogens with zero attached hydrogens (tertiary/aromatic N) is 4. The number of anilines is 1. The molecule has 0 radical (unpaired) electrons. The van der Waals surface area contributed by atoms with Gasteiger partial charge < -0.3 is 15.2 Å². The zero-order valence-corrected chi connectivity index (χ0v) is 8.51. The quantitative estimate of drug-likeness (QED) is 0.619. The third kappa shape index (κ3) is 1.96. The Kier molecular flexibility index (Phi) is 2.73. The molecule has 2 N–H and O–H groups in total. The van der Waals surface area contributed by atoms with Crippen LogP contribution < -0.4 is 21.3 Å². The molecule has 2 heterocycles. The maximum atomic E-state index is 10.9. The summed E-state index contributed by atoms with van der Waals surface area (Å²) in [5, 5.41) is 0.198. The minimum Gasteiger partial charge on any atom is -0.461 e. The van der Waals surface area contributed by atoms with Gasteiger partial charge in [-0.25, -0.2) is 4.79 Å². The van der Waals surface area contributed by atoms with Crippen LogP contribution in [0.2, 0.25) is 0 Å². The molecule has 0 aromatic carbocycles. The normalized spacial score (nSPS) is 12.9. The summed E-state index contributed by atoms with van der Waals surface area (Å²) in [5.41, 5.74) is 5.71. The zero-order chi connectivity index (χ0) is 11.5. The van der Waals surface area contributed by atoms with Crippen molar-refractivity contribution in [3.8, 4) is 6.01 Å². The van der Waals surface area contributed by atoms with Crippen molar-refractivity contribution in [1.29, 1.82) is 0 Å². The molecule has 16 heavy (non-hydrogen) atoms. The van der Waals surface area contributed by atoms with Crippen molar-refractivity contribution in [3.05, 3.63) is 10.8 Å². The highest BCUT2D eigenvalue weighted by molar-refractivity contribution is 5.77. The average Bonchev–Trinajstić information content (AvgIpc) is 2.60. The maximum Gasteiger partial charge on any atom is 0.369 e. The van der Waals surface area contributed by atoms with E-state index in [1.807, 2.05) is 0 Å². The lowest BCUT2D eigenvalue weighted by Crippen LogP contribution is -2.30. The van der Waals surface area contributed by atoms with E-state index in [9.17, 15) is 4.79 Å². The Bertz CT molecular complexity index is 541. The summed E-state index contributed by atoms with van der Waals surface area (Å²) in [6.07, 6.45) is 0. The monoisotopic (exact) mass is 223 g/mol. The van der Waals surface area contributed by atoms with Crippen molar-refractivity contribution in [1.82, 2.24) is 9.97 Å². The van der Waals surface area contributed by atoms with E-state index in [0.29, 0.717) is 13.2 Å².